The van der Waals surface area contributed by atoms with Gasteiger partial charge in [-0.25, -0.2) is 0 Å². The van der Waals surface area contributed by atoms with Crippen molar-refractivity contribution in [2.75, 3.05) is 37.6 Å². The van der Waals surface area contributed by atoms with Crippen LogP contribution in [0.25, 0.3) is 6.08 Å². The molecule has 2 aliphatic heterocycles. The highest BCUT2D eigenvalue weighted by atomic mass is 35.5. The molecule has 39 heavy (non-hydrogen) atoms. The molecule has 0 radical (unpaired) electrons. The minimum atomic E-state index is -0.174. The lowest BCUT2D eigenvalue weighted by Crippen LogP contribution is -2.43. The number of halogens is 1. The number of likely N-dealkylation sites (tertiary alicyclic amines) is 1. The number of carbonyl (C=O) groups excluding carboxylic acids is 2. The summed E-state index contributed by atoms with van der Waals surface area (Å²) in [5, 5.41) is 3.65. The van der Waals surface area contributed by atoms with Crippen molar-refractivity contribution in [1.82, 2.24) is 10.2 Å². The maximum atomic E-state index is 13.4. The number of benzene rings is 3. The van der Waals surface area contributed by atoms with Crippen LogP contribution < -0.4 is 10.2 Å². The normalized spacial score (nSPS) is 17.3. The van der Waals surface area contributed by atoms with E-state index in [9.17, 15) is 9.59 Å². The molecule has 1 N–H and O–H groups in total. The standard InChI is InChI=1S/C32H34ClN3O2S/c33-27-11-6-10-26(21-27)22-30-32(38)36(28-12-4-5-13-29(28)39-30)23-31(37)34-16-7-17-35-18-14-25(15-19-35)20-24-8-2-1-3-9-24/h1-6,8-13,21-22,25H,7,14-20,23H2,(H,34,37). The summed E-state index contributed by atoms with van der Waals surface area (Å²) in [5.41, 5.74) is 3.05. The van der Waals surface area contributed by atoms with Gasteiger partial charge in [0.25, 0.3) is 5.91 Å². The maximum Gasteiger partial charge on any atom is 0.265 e. The van der Waals surface area contributed by atoms with E-state index in [2.05, 4.69) is 40.5 Å². The van der Waals surface area contributed by atoms with E-state index in [0.717, 1.165) is 54.5 Å². The number of hydrogen-bond acceptors (Lipinski definition) is 4. The molecule has 1 saturated heterocycles. The third-order valence-electron chi connectivity index (χ3n) is 7.33. The van der Waals surface area contributed by atoms with E-state index in [1.54, 1.807) is 11.0 Å². The van der Waals surface area contributed by atoms with Crippen molar-refractivity contribution in [3.63, 3.8) is 0 Å². The summed E-state index contributed by atoms with van der Waals surface area (Å²) in [6.07, 6.45) is 6.34. The number of nitrogens with one attached hydrogen (secondary N) is 1. The number of thioether (sulfide) groups is 1. The average Bonchev–Trinajstić information content (AvgIpc) is 2.95. The van der Waals surface area contributed by atoms with Crippen LogP contribution in [0.1, 0.15) is 30.4 Å². The number of para-hydroxylation sites is 1. The monoisotopic (exact) mass is 559 g/mol. The fourth-order valence-corrected chi connectivity index (χ4v) is 6.52. The van der Waals surface area contributed by atoms with Crippen molar-refractivity contribution >= 4 is 46.9 Å². The molecule has 2 amide bonds. The van der Waals surface area contributed by atoms with Gasteiger partial charge in [-0.1, -0.05) is 78.0 Å². The molecule has 0 saturated carbocycles. The Morgan fingerprint density at radius 1 is 1.00 bits per heavy atom. The van der Waals surface area contributed by atoms with Crippen molar-refractivity contribution in [2.45, 2.75) is 30.6 Å². The predicted molar refractivity (Wildman–Crippen MR) is 161 cm³/mol. The van der Waals surface area contributed by atoms with Gasteiger partial charge < -0.3 is 10.2 Å². The van der Waals surface area contributed by atoms with Crippen molar-refractivity contribution in [3.8, 4) is 0 Å². The molecule has 0 atom stereocenters. The van der Waals surface area contributed by atoms with Crippen LogP contribution in [0.5, 0.6) is 0 Å². The zero-order valence-corrected chi connectivity index (χ0v) is 23.6. The van der Waals surface area contributed by atoms with Gasteiger partial charge in [-0.3, -0.25) is 14.5 Å². The first-order valence-corrected chi connectivity index (χ1v) is 14.8. The van der Waals surface area contributed by atoms with E-state index in [4.69, 9.17) is 11.6 Å². The predicted octanol–water partition coefficient (Wildman–Crippen LogP) is 6.28. The number of anilines is 1. The molecule has 0 spiro atoms. The second-order valence-corrected chi connectivity index (χ2v) is 11.7. The van der Waals surface area contributed by atoms with Crippen molar-refractivity contribution in [2.24, 2.45) is 5.92 Å². The highest BCUT2D eigenvalue weighted by Gasteiger charge is 2.30. The second-order valence-electron chi connectivity index (χ2n) is 10.2. The van der Waals surface area contributed by atoms with Crippen molar-refractivity contribution < 1.29 is 9.59 Å². The minimum absolute atomic E-state index is 0.00578. The lowest BCUT2D eigenvalue weighted by atomic mass is 9.90. The van der Waals surface area contributed by atoms with E-state index in [1.165, 1.54) is 30.2 Å². The van der Waals surface area contributed by atoms with Gasteiger partial charge in [-0.15, -0.1) is 0 Å². The van der Waals surface area contributed by atoms with Crippen molar-refractivity contribution in [1.29, 1.82) is 0 Å². The Morgan fingerprint density at radius 2 is 1.77 bits per heavy atom. The molecule has 0 aromatic heterocycles. The van der Waals surface area contributed by atoms with Gasteiger partial charge in [0.05, 0.1) is 10.6 Å². The van der Waals surface area contributed by atoms with Gasteiger partial charge in [-0.05, 0) is 92.7 Å². The van der Waals surface area contributed by atoms with Crippen LogP contribution in [0.15, 0.2) is 88.7 Å². The fraction of sp³-hybridized carbons (Fsp3) is 0.312. The van der Waals surface area contributed by atoms with Crippen LogP contribution in [0.3, 0.4) is 0 Å². The van der Waals surface area contributed by atoms with Crippen LogP contribution >= 0.6 is 23.4 Å². The van der Waals surface area contributed by atoms with Crippen LogP contribution in [0, 0.1) is 5.92 Å². The Bertz CT molecular complexity index is 1320. The molecule has 2 heterocycles. The number of rotatable bonds is 9. The van der Waals surface area contributed by atoms with Gasteiger partial charge in [0.15, 0.2) is 0 Å². The molecule has 0 bridgehead atoms. The number of amides is 2. The number of piperidine rings is 1. The summed E-state index contributed by atoms with van der Waals surface area (Å²) < 4.78 is 0. The molecular weight excluding hydrogens is 526 g/mol. The largest absolute Gasteiger partial charge is 0.355 e. The summed E-state index contributed by atoms with van der Waals surface area (Å²) in [6.45, 7) is 3.81. The number of fused-ring (bicyclic) bond motifs is 1. The van der Waals surface area contributed by atoms with Gasteiger partial charge in [0.2, 0.25) is 5.91 Å². The molecule has 202 valence electrons. The number of hydrogen-bond donors (Lipinski definition) is 1. The summed E-state index contributed by atoms with van der Waals surface area (Å²) >= 11 is 7.56. The van der Waals surface area contributed by atoms with Crippen molar-refractivity contribution in [3.05, 3.63) is 99.9 Å². The quantitative estimate of drug-likeness (QED) is 0.248. The molecule has 5 rings (SSSR count). The number of carbonyl (C=O) groups is 2. The lowest BCUT2D eigenvalue weighted by Gasteiger charge is -2.32. The third kappa shape index (κ3) is 7.53. The van der Waals surface area contributed by atoms with E-state index in [1.807, 2.05) is 48.5 Å². The summed E-state index contributed by atoms with van der Waals surface area (Å²) in [7, 11) is 0. The highest BCUT2D eigenvalue weighted by Crippen LogP contribution is 2.42. The Balaban J connectivity index is 1.10. The van der Waals surface area contributed by atoms with E-state index < -0.39 is 0 Å². The third-order valence-corrected chi connectivity index (χ3v) is 8.64. The van der Waals surface area contributed by atoms with Gasteiger partial charge >= 0.3 is 0 Å². The molecule has 2 aliphatic rings. The first-order chi connectivity index (χ1) is 19.0. The molecule has 5 nitrogen and oxygen atoms in total. The highest BCUT2D eigenvalue weighted by molar-refractivity contribution is 8.04. The smallest absolute Gasteiger partial charge is 0.265 e. The summed E-state index contributed by atoms with van der Waals surface area (Å²) in [4.78, 5) is 31.9. The molecule has 0 aliphatic carbocycles. The van der Waals surface area contributed by atoms with Crippen LogP contribution in [0.2, 0.25) is 5.02 Å². The Labute approximate surface area is 240 Å². The zero-order chi connectivity index (χ0) is 27.0. The van der Waals surface area contributed by atoms with Gasteiger partial charge in [0, 0.05) is 16.5 Å². The van der Waals surface area contributed by atoms with Gasteiger partial charge in [0.1, 0.15) is 6.54 Å². The first kappa shape index (κ1) is 27.5. The van der Waals surface area contributed by atoms with E-state index in [-0.39, 0.29) is 18.4 Å². The molecule has 3 aromatic rings. The Morgan fingerprint density at radius 3 is 2.56 bits per heavy atom. The molecular formula is C32H34ClN3O2S. The average molecular weight is 560 g/mol. The van der Waals surface area contributed by atoms with Crippen LogP contribution in [-0.4, -0.2) is 49.4 Å². The van der Waals surface area contributed by atoms with E-state index in [0.29, 0.717) is 16.5 Å². The molecule has 7 heteroatoms. The Hall–Kier alpha value is -3.06. The lowest BCUT2D eigenvalue weighted by molar-refractivity contribution is -0.122. The number of nitrogens with zero attached hydrogens (tertiary/aromatic N) is 2. The van der Waals surface area contributed by atoms with Crippen LogP contribution in [0.4, 0.5) is 5.69 Å². The van der Waals surface area contributed by atoms with E-state index >= 15 is 0 Å². The summed E-state index contributed by atoms with van der Waals surface area (Å²) in [5.74, 6) is 0.435. The molecule has 3 aromatic carbocycles. The molecule has 1 fully saturated rings. The first-order valence-electron chi connectivity index (χ1n) is 13.6. The molecule has 0 unspecified atom stereocenters. The SMILES string of the molecule is O=C(CN1C(=O)C(=Cc2cccc(Cl)c2)Sc2ccccc21)NCCCN1CCC(Cc2ccccc2)CC1. The fourth-order valence-electron chi connectivity index (χ4n) is 5.26. The van der Waals surface area contributed by atoms with Crippen LogP contribution in [-0.2, 0) is 16.0 Å². The summed E-state index contributed by atoms with van der Waals surface area (Å²) in [6, 6.07) is 25.9. The topological polar surface area (TPSA) is 52.7 Å². The minimum Gasteiger partial charge on any atom is -0.355 e. The van der Waals surface area contributed by atoms with Gasteiger partial charge in [-0.2, -0.15) is 0 Å². The Kier molecular flexibility index (Phi) is 9.40. The second kappa shape index (κ2) is 13.3. The zero-order valence-electron chi connectivity index (χ0n) is 22.0. The maximum absolute atomic E-state index is 13.4.